The highest BCUT2D eigenvalue weighted by Gasteiger charge is 2.23. The summed E-state index contributed by atoms with van der Waals surface area (Å²) < 4.78 is 0.860. The fourth-order valence-electron chi connectivity index (χ4n) is 2.99. The van der Waals surface area contributed by atoms with Gasteiger partial charge in [0, 0.05) is 41.6 Å². The van der Waals surface area contributed by atoms with Gasteiger partial charge in [-0.15, -0.1) is 0 Å². The Labute approximate surface area is 165 Å². The highest BCUT2D eigenvalue weighted by atomic mass is 35.5. The highest BCUT2D eigenvalue weighted by Crippen LogP contribution is 2.26. The van der Waals surface area contributed by atoms with Crippen molar-refractivity contribution in [1.82, 2.24) is 9.88 Å². The molecule has 1 aliphatic heterocycles. The van der Waals surface area contributed by atoms with Crippen LogP contribution in [0.3, 0.4) is 0 Å². The molecule has 2 amide bonds. The Morgan fingerprint density at radius 3 is 2.56 bits per heavy atom. The van der Waals surface area contributed by atoms with Gasteiger partial charge in [0.25, 0.3) is 5.56 Å². The number of anilines is 2. The Morgan fingerprint density at radius 1 is 1.07 bits per heavy atom. The molecule has 1 saturated heterocycles. The molecule has 0 radical (unpaired) electrons. The third-order valence-corrected chi connectivity index (χ3v) is 5.78. The number of hydrogen-bond acceptors (Lipinski definition) is 5. The summed E-state index contributed by atoms with van der Waals surface area (Å²) in [4.78, 5) is 32.7. The number of rotatable bonds is 2. The Balaban J connectivity index is 1.45. The first-order valence-corrected chi connectivity index (χ1v) is 9.76. The van der Waals surface area contributed by atoms with Crippen molar-refractivity contribution < 1.29 is 4.79 Å². The zero-order valence-electron chi connectivity index (χ0n) is 14.4. The van der Waals surface area contributed by atoms with E-state index >= 15 is 0 Å². The van der Waals surface area contributed by atoms with Crippen LogP contribution in [0.5, 0.6) is 0 Å². The standard InChI is InChI=1S/C19H17ClN4O2S/c20-13-6-7-16-15(12-13)17(25)22-19(27-16)24-10-8-23(9-11-24)18(26)21-14-4-2-1-3-5-14/h1-7,12H,8-11H2,(H,21,26). The zero-order chi connectivity index (χ0) is 18.8. The molecule has 2 heterocycles. The Morgan fingerprint density at radius 2 is 1.81 bits per heavy atom. The first-order chi connectivity index (χ1) is 13.1. The number of hydrogen-bond donors (Lipinski definition) is 1. The molecular formula is C19H17ClN4O2S. The van der Waals surface area contributed by atoms with Gasteiger partial charge in [-0.05, 0) is 30.3 Å². The maximum Gasteiger partial charge on any atom is 0.321 e. The number of nitrogens with one attached hydrogen (secondary N) is 1. The van der Waals surface area contributed by atoms with Crippen LogP contribution in [0, 0.1) is 0 Å². The van der Waals surface area contributed by atoms with E-state index in [-0.39, 0.29) is 11.6 Å². The fourth-order valence-corrected chi connectivity index (χ4v) is 4.19. The average molecular weight is 401 g/mol. The van der Waals surface area contributed by atoms with E-state index in [1.807, 2.05) is 41.3 Å². The summed E-state index contributed by atoms with van der Waals surface area (Å²) in [5.74, 6) is 0. The second kappa shape index (κ2) is 7.54. The fraction of sp³-hybridized carbons (Fsp3) is 0.211. The molecule has 2 aromatic carbocycles. The quantitative estimate of drug-likeness (QED) is 0.712. The molecule has 3 aromatic rings. The molecule has 1 N–H and O–H groups in total. The van der Waals surface area contributed by atoms with Gasteiger partial charge in [0.1, 0.15) is 0 Å². The Bertz CT molecular complexity index is 1030. The zero-order valence-corrected chi connectivity index (χ0v) is 16.0. The summed E-state index contributed by atoms with van der Waals surface area (Å²) in [5.41, 5.74) is 0.503. The second-order valence-corrected chi connectivity index (χ2v) is 7.66. The summed E-state index contributed by atoms with van der Waals surface area (Å²) in [6.07, 6.45) is 0. The molecule has 6 nitrogen and oxygen atoms in total. The van der Waals surface area contributed by atoms with Crippen LogP contribution >= 0.6 is 22.9 Å². The molecule has 0 atom stereocenters. The molecule has 8 heteroatoms. The molecule has 138 valence electrons. The van der Waals surface area contributed by atoms with Crippen LogP contribution in [-0.4, -0.2) is 42.1 Å². The lowest BCUT2D eigenvalue weighted by Crippen LogP contribution is -2.50. The SMILES string of the molecule is O=C(Nc1ccccc1)N1CCN(c2nc(=O)c3cc(Cl)ccc3s2)CC1. The van der Waals surface area contributed by atoms with Gasteiger partial charge in [0.05, 0.1) is 5.39 Å². The molecular weight excluding hydrogens is 384 g/mol. The van der Waals surface area contributed by atoms with E-state index < -0.39 is 0 Å². The summed E-state index contributed by atoms with van der Waals surface area (Å²) in [6.45, 7) is 2.40. The Kier molecular flexibility index (Phi) is 4.96. The Hall–Kier alpha value is -2.64. The molecule has 4 rings (SSSR count). The third kappa shape index (κ3) is 3.89. The average Bonchev–Trinajstić information content (AvgIpc) is 2.69. The van der Waals surface area contributed by atoms with E-state index in [2.05, 4.69) is 10.3 Å². The number of nitrogens with zero attached hydrogens (tertiary/aromatic N) is 3. The molecule has 0 saturated carbocycles. The number of aromatic nitrogens is 1. The van der Waals surface area contributed by atoms with E-state index in [1.165, 1.54) is 11.3 Å². The maximum absolute atomic E-state index is 12.4. The van der Waals surface area contributed by atoms with E-state index in [0.29, 0.717) is 41.7 Å². The van der Waals surface area contributed by atoms with Gasteiger partial charge in [-0.3, -0.25) is 4.79 Å². The molecule has 27 heavy (non-hydrogen) atoms. The van der Waals surface area contributed by atoms with Crippen molar-refractivity contribution >= 4 is 49.9 Å². The minimum atomic E-state index is -0.273. The number of piperazine rings is 1. The van der Waals surface area contributed by atoms with Crippen LogP contribution in [0.2, 0.25) is 5.02 Å². The largest absolute Gasteiger partial charge is 0.344 e. The monoisotopic (exact) mass is 400 g/mol. The molecule has 1 aromatic heterocycles. The molecule has 0 spiro atoms. The van der Waals surface area contributed by atoms with Crippen molar-refractivity contribution in [3.63, 3.8) is 0 Å². The van der Waals surface area contributed by atoms with Crippen molar-refractivity contribution in [1.29, 1.82) is 0 Å². The number of fused-ring (bicyclic) bond motifs is 1. The molecule has 1 fully saturated rings. The number of carbonyl (C=O) groups is 1. The van der Waals surface area contributed by atoms with Crippen LogP contribution < -0.4 is 15.8 Å². The van der Waals surface area contributed by atoms with Crippen LogP contribution in [0.25, 0.3) is 10.1 Å². The van der Waals surface area contributed by atoms with Crippen molar-refractivity contribution in [2.75, 3.05) is 36.4 Å². The van der Waals surface area contributed by atoms with Crippen LogP contribution in [0.15, 0.2) is 53.3 Å². The van der Waals surface area contributed by atoms with Gasteiger partial charge >= 0.3 is 6.03 Å². The first-order valence-electron chi connectivity index (χ1n) is 8.56. The van der Waals surface area contributed by atoms with Gasteiger partial charge < -0.3 is 15.1 Å². The summed E-state index contributed by atoms with van der Waals surface area (Å²) >= 11 is 7.43. The first kappa shape index (κ1) is 17.8. The van der Waals surface area contributed by atoms with Crippen molar-refractivity contribution in [3.8, 4) is 0 Å². The van der Waals surface area contributed by atoms with Crippen molar-refractivity contribution in [3.05, 3.63) is 63.9 Å². The predicted molar refractivity (Wildman–Crippen MR) is 110 cm³/mol. The summed E-state index contributed by atoms with van der Waals surface area (Å²) in [5, 5.41) is 4.64. The lowest BCUT2D eigenvalue weighted by Gasteiger charge is -2.34. The van der Waals surface area contributed by atoms with Gasteiger partial charge in [-0.25, -0.2) is 4.79 Å². The van der Waals surface area contributed by atoms with Gasteiger partial charge in [0.15, 0.2) is 5.13 Å². The summed E-state index contributed by atoms with van der Waals surface area (Å²) in [7, 11) is 0. The topological polar surface area (TPSA) is 65.5 Å². The van der Waals surface area contributed by atoms with Gasteiger partial charge in [-0.2, -0.15) is 4.98 Å². The van der Waals surface area contributed by atoms with E-state index in [1.54, 1.807) is 17.0 Å². The van der Waals surface area contributed by atoms with Crippen molar-refractivity contribution in [2.45, 2.75) is 0 Å². The van der Waals surface area contributed by atoms with E-state index in [9.17, 15) is 9.59 Å². The van der Waals surface area contributed by atoms with Gasteiger partial charge in [-0.1, -0.05) is 41.1 Å². The molecule has 0 unspecified atom stereocenters. The van der Waals surface area contributed by atoms with E-state index in [4.69, 9.17) is 11.6 Å². The van der Waals surface area contributed by atoms with Gasteiger partial charge in [0.2, 0.25) is 0 Å². The maximum atomic E-state index is 12.4. The number of halogens is 1. The normalized spacial score (nSPS) is 14.4. The molecule has 1 aliphatic rings. The highest BCUT2D eigenvalue weighted by molar-refractivity contribution is 7.21. The number of amides is 2. The van der Waals surface area contributed by atoms with Crippen molar-refractivity contribution in [2.24, 2.45) is 0 Å². The lowest BCUT2D eigenvalue weighted by atomic mass is 10.3. The molecule has 0 bridgehead atoms. The second-order valence-electron chi connectivity index (χ2n) is 6.21. The number of benzene rings is 2. The minimum Gasteiger partial charge on any atom is -0.344 e. The van der Waals surface area contributed by atoms with E-state index in [0.717, 1.165) is 10.4 Å². The van der Waals surface area contributed by atoms with Crippen LogP contribution in [0.1, 0.15) is 0 Å². The lowest BCUT2D eigenvalue weighted by molar-refractivity contribution is 0.208. The van der Waals surface area contributed by atoms with Crippen LogP contribution in [-0.2, 0) is 0 Å². The molecule has 0 aliphatic carbocycles. The number of carbonyl (C=O) groups excluding carboxylic acids is 1. The number of urea groups is 1. The minimum absolute atomic E-state index is 0.116. The third-order valence-electron chi connectivity index (χ3n) is 4.43. The summed E-state index contributed by atoms with van der Waals surface area (Å²) in [6, 6.07) is 14.5. The smallest absolute Gasteiger partial charge is 0.321 e. The van der Waals surface area contributed by atoms with Crippen LogP contribution in [0.4, 0.5) is 15.6 Å². The number of para-hydroxylation sites is 1. The predicted octanol–water partition coefficient (Wildman–Crippen LogP) is 3.66.